The van der Waals surface area contributed by atoms with E-state index in [0.29, 0.717) is 57.2 Å². The number of halogens is 1. The number of aliphatic hydroxyl groups is 1. The predicted octanol–water partition coefficient (Wildman–Crippen LogP) is 6.34. The molecule has 11 nitrogen and oxygen atoms in total. The lowest BCUT2D eigenvalue weighted by molar-refractivity contribution is -0.0382. The molecule has 0 radical (unpaired) electrons. The number of benzene rings is 2. The molecule has 1 fully saturated rings. The van der Waals surface area contributed by atoms with Crippen LogP contribution < -0.4 is 14.4 Å². The molecule has 1 aromatic heterocycles. The number of nitrogens with one attached hydrogen (secondary N) is 1. The van der Waals surface area contributed by atoms with Crippen molar-refractivity contribution in [2.45, 2.75) is 76.2 Å². The van der Waals surface area contributed by atoms with Crippen LogP contribution in [-0.4, -0.2) is 77.1 Å². The third-order valence-corrected chi connectivity index (χ3v) is 14.2. The summed E-state index contributed by atoms with van der Waals surface area (Å²) in [7, 11) is -1.98. The highest BCUT2D eigenvalue weighted by atomic mass is 35.5. The Hall–Kier alpha value is -3.68. The van der Waals surface area contributed by atoms with Gasteiger partial charge in [0.1, 0.15) is 15.7 Å². The topological polar surface area (TPSA) is 132 Å². The van der Waals surface area contributed by atoms with E-state index >= 15 is 0 Å². The molecule has 2 N–H and O–H groups in total. The molecule has 3 aliphatic heterocycles. The third-order valence-electron chi connectivity index (χ3n) is 12.0. The Morgan fingerprint density at radius 1 is 1.20 bits per heavy atom. The second-order valence-corrected chi connectivity index (χ2v) is 18.4. The van der Waals surface area contributed by atoms with Crippen molar-refractivity contribution in [3.05, 3.63) is 93.8 Å². The van der Waals surface area contributed by atoms with E-state index < -0.39 is 27.8 Å². The van der Waals surface area contributed by atoms with Crippen LogP contribution in [0.25, 0.3) is 0 Å². The highest BCUT2D eigenvalue weighted by molar-refractivity contribution is 7.92. The molecular weight excluding hydrogens is 728 g/mol. The highest BCUT2D eigenvalue weighted by Crippen LogP contribution is 2.47. The summed E-state index contributed by atoms with van der Waals surface area (Å²) in [5.41, 5.74) is 4.36. The minimum atomic E-state index is -3.59. The second-order valence-electron chi connectivity index (χ2n) is 15.9. The molecule has 54 heavy (non-hydrogen) atoms. The van der Waals surface area contributed by atoms with Gasteiger partial charge in [-0.2, -0.15) is 0 Å². The second kappa shape index (κ2) is 15.1. The van der Waals surface area contributed by atoms with Gasteiger partial charge in [0.05, 0.1) is 55.6 Å². The minimum Gasteiger partial charge on any atom is -0.490 e. The van der Waals surface area contributed by atoms with Crippen LogP contribution in [0.1, 0.15) is 78.0 Å². The third kappa shape index (κ3) is 7.47. The molecule has 4 heterocycles. The van der Waals surface area contributed by atoms with E-state index in [0.717, 1.165) is 48.5 Å². The van der Waals surface area contributed by atoms with Crippen molar-refractivity contribution in [1.29, 1.82) is 0 Å². The van der Waals surface area contributed by atoms with E-state index in [1.165, 1.54) is 11.1 Å². The summed E-state index contributed by atoms with van der Waals surface area (Å²) >= 11 is 6.45. The van der Waals surface area contributed by atoms with E-state index in [9.17, 15) is 18.9 Å². The Bertz CT molecular complexity index is 2100. The number of carbonyl (C=O) groups is 2. The Morgan fingerprint density at radius 3 is 2.89 bits per heavy atom. The number of aromatic nitrogens is 1. The van der Waals surface area contributed by atoms with Gasteiger partial charge in [0.2, 0.25) is 0 Å². The van der Waals surface area contributed by atoms with Crippen molar-refractivity contribution in [2.75, 3.05) is 44.1 Å². The Kier molecular flexibility index (Phi) is 10.4. The van der Waals surface area contributed by atoms with Crippen molar-refractivity contribution in [3.63, 3.8) is 0 Å². The average Bonchev–Trinajstić information content (AvgIpc) is 3.49. The van der Waals surface area contributed by atoms with Crippen LogP contribution in [0.3, 0.4) is 0 Å². The van der Waals surface area contributed by atoms with Crippen LogP contribution in [0, 0.1) is 17.8 Å². The van der Waals surface area contributed by atoms with E-state index in [1.54, 1.807) is 31.5 Å². The van der Waals surface area contributed by atoms with Gasteiger partial charge < -0.3 is 28.8 Å². The Morgan fingerprint density at radius 2 is 2.07 bits per heavy atom. The van der Waals surface area contributed by atoms with Crippen molar-refractivity contribution in [1.82, 2.24) is 9.29 Å². The molecule has 1 saturated carbocycles. The number of methoxy groups -OCH3 is 1. The average molecular weight is 779 g/mol. The zero-order valence-electron chi connectivity index (χ0n) is 30.9. The monoisotopic (exact) mass is 778 g/mol. The first-order chi connectivity index (χ1) is 26.0. The van der Waals surface area contributed by atoms with Gasteiger partial charge in [-0.15, -0.1) is 4.36 Å². The standard InChI is InChI=1S/C41H49ClN4O7S.H2/c1-26-5-3-7-37(47)34-11-8-29(34)18-46-24-41(14-4-6-27-15-31(42)10-12-35(27)41)25-53-38-13-9-28(17-36(38)46)39(48)43-54(50,23-26)44-40(49)30-16-32-21-52-33(22-51-2)20-45(32)19-30;/h3,7,9-10,12-13,15-17,19,26,29,33-34,37,47H,4-6,8,11,14,18,20-25H2,1-2H3,(H,43,44,48,49,50);1H/b7-3+;/t26-,29-,33+,34+,37-,41-,54?;/m0./s1. The summed E-state index contributed by atoms with van der Waals surface area (Å²) in [6.07, 6.45) is 10.1. The number of carbonyl (C=O) groups excluding carboxylic acids is 2. The molecule has 2 aromatic carbocycles. The quantitative estimate of drug-likeness (QED) is 0.294. The Labute approximate surface area is 323 Å². The van der Waals surface area contributed by atoms with Crippen LogP contribution in [0.4, 0.5) is 5.69 Å². The number of aliphatic hydroxyl groups excluding tert-OH is 1. The number of aryl methyl sites for hydroxylation is 1. The number of ether oxygens (including phenoxy) is 3. The van der Waals surface area contributed by atoms with Crippen molar-refractivity contribution < 1.29 is 34.5 Å². The first-order valence-electron chi connectivity index (χ1n) is 19.1. The van der Waals surface area contributed by atoms with E-state index in [2.05, 4.69) is 26.1 Å². The first-order valence-corrected chi connectivity index (χ1v) is 21.1. The lowest BCUT2D eigenvalue weighted by Gasteiger charge is -2.45. The van der Waals surface area contributed by atoms with Gasteiger partial charge in [-0.3, -0.25) is 14.3 Å². The van der Waals surface area contributed by atoms with Crippen molar-refractivity contribution >= 4 is 39.0 Å². The zero-order chi connectivity index (χ0) is 37.6. The fourth-order valence-corrected chi connectivity index (χ4v) is 11.2. The SMILES string of the molecule is COC[C@H]1Cn2cc(C(=O)NS3(=O)=NC(=O)c4ccc5c(c4)N(C[C@@H]4CC[C@H]4[C@@H](O)/C=C/C[C@H](C)C3)C[C@@]3(CCCc4cc(Cl)ccc43)CO5)cc2CO1.[HH]. The maximum atomic E-state index is 14.7. The molecule has 3 aromatic rings. The Balaban J connectivity index is 0.00000465. The lowest BCUT2D eigenvalue weighted by Crippen LogP contribution is -2.49. The molecule has 2 amide bonds. The molecule has 290 valence electrons. The van der Waals surface area contributed by atoms with E-state index in [-0.39, 0.29) is 42.0 Å². The fraction of sp³-hybridized carbons (Fsp3) is 0.512. The summed E-state index contributed by atoms with van der Waals surface area (Å²) in [4.78, 5) is 30.1. The highest BCUT2D eigenvalue weighted by Gasteiger charge is 2.44. The molecule has 8 rings (SSSR count). The smallest absolute Gasteiger partial charge is 0.286 e. The molecule has 2 aliphatic carbocycles. The summed E-state index contributed by atoms with van der Waals surface area (Å²) in [6, 6.07) is 13.2. The summed E-state index contributed by atoms with van der Waals surface area (Å²) in [5, 5.41) is 12.1. The number of hydrogen-bond donors (Lipinski definition) is 2. The minimum absolute atomic E-state index is 0. The van der Waals surface area contributed by atoms with Gasteiger partial charge >= 0.3 is 0 Å². The lowest BCUT2D eigenvalue weighted by atomic mass is 9.68. The van der Waals surface area contributed by atoms with Crippen molar-refractivity contribution in [3.8, 4) is 5.75 Å². The number of anilines is 1. The molecule has 0 saturated heterocycles. The number of hydrogen-bond acceptors (Lipinski definition) is 8. The van der Waals surface area contributed by atoms with Gasteiger partial charge in [-0.1, -0.05) is 36.7 Å². The van der Waals surface area contributed by atoms with Crippen LogP contribution in [-0.2, 0) is 44.4 Å². The van der Waals surface area contributed by atoms with E-state index in [4.69, 9.17) is 25.8 Å². The van der Waals surface area contributed by atoms with Crippen molar-refractivity contribution in [2.24, 2.45) is 22.1 Å². The molecule has 1 spiro atoms. The number of rotatable bonds is 4. The number of nitrogens with zero attached hydrogens (tertiary/aromatic N) is 3. The van der Waals surface area contributed by atoms with Crippen LogP contribution in [0.5, 0.6) is 5.75 Å². The summed E-state index contributed by atoms with van der Waals surface area (Å²) in [5.74, 6) is -0.494. The van der Waals surface area contributed by atoms with Crippen LogP contribution >= 0.6 is 11.6 Å². The van der Waals surface area contributed by atoms with Gasteiger partial charge in [-0.05, 0) is 104 Å². The van der Waals surface area contributed by atoms with Gasteiger partial charge in [0.25, 0.3) is 11.8 Å². The normalized spacial score (nSPS) is 31.4. The molecular formula is C41H51ClN4O7S. The molecule has 5 aliphatic rings. The predicted molar refractivity (Wildman–Crippen MR) is 210 cm³/mol. The van der Waals surface area contributed by atoms with E-state index in [1.807, 2.05) is 35.8 Å². The maximum absolute atomic E-state index is 14.7. The summed E-state index contributed by atoms with van der Waals surface area (Å²) < 4.78 is 41.3. The first kappa shape index (κ1) is 37.3. The molecule has 7 atom stereocenters. The maximum Gasteiger partial charge on any atom is 0.286 e. The van der Waals surface area contributed by atoms with Crippen LogP contribution in [0.2, 0.25) is 5.02 Å². The number of allylic oxidation sites excluding steroid dienone is 1. The molecule has 2 bridgehead atoms. The molecule has 1 unspecified atom stereocenters. The summed E-state index contributed by atoms with van der Waals surface area (Å²) in [6.45, 7) is 5.00. The zero-order valence-corrected chi connectivity index (χ0v) is 32.4. The van der Waals surface area contributed by atoms with Crippen LogP contribution in [0.15, 0.2) is 65.2 Å². The van der Waals surface area contributed by atoms with Gasteiger partial charge in [-0.25, -0.2) is 4.21 Å². The van der Waals surface area contributed by atoms with Gasteiger partial charge in [0, 0.05) is 49.5 Å². The largest absolute Gasteiger partial charge is 0.490 e. The number of amides is 2. The van der Waals surface area contributed by atoms with Gasteiger partial charge in [0.15, 0.2) is 0 Å². The fourth-order valence-electron chi connectivity index (χ4n) is 9.07. The molecule has 13 heteroatoms. The number of fused-ring (bicyclic) bond motifs is 5.